The second-order valence-electron chi connectivity index (χ2n) is 5.44. The summed E-state index contributed by atoms with van der Waals surface area (Å²) in [6.07, 6.45) is 1.37. The van der Waals surface area contributed by atoms with Crippen LogP contribution in [0.15, 0.2) is 57.9 Å². The molecule has 0 saturated heterocycles. The highest BCUT2D eigenvalue weighted by Crippen LogP contribution is 2.28. The lowest BCUT2D eigenvalue weighted by Crippen LogP contribution is -2.36. The van der Waals surface area contributed by atoms with E-state index in [0.717, 1.165) is 10.0 Å². The van der Waals surface area contributed by atoms with Crippen LogP contribution in [-0.2, 0) is 16.4 Å². The standard InChI is InChI=1S/C18H22BrNO3S/c1-3-15(12-14-8-6-5-7-9-14)20-24(21,22)16-10-11-17(19)18(13-16)23-4-2/h5-11,13,15,20H,3-4,12H2,1-2H3. The maximum atomic E-state index is 12.7. The third-order valence-electron chi connectivity index (χ3n) is 3.65. The predicted octanol–water partition coefficient (Wildman–Crippen LogP) is 4.15. The summed E-state index contributed by atoms with van der Waals surface area (Å²) in [5.41, 5.74) is 1.11. The first kappa shape index (κ1) is 19.0. The first-order valence-electron chi connectivity index (χ1n) is 7.95. The van der Waals surface area contributed by atoms with E-state index in [2.05, 4.69) is 20.7 Å². The van der Waals surface area contributed by atoms with Gasteiger partial charge in [0.15, 0.2) is 0 Å². The van der Waals surface area contributed by atoms with Gasteiger partial charge in [-0.1, -0.05) is 37.3 Å². The van der Waals surface area contributed by atoms with Gasteiger partial charge in [0, 0.05) is 12.1 Å². The third kappa shape index (κ3) is 5.06. The molecule has 0 heterocycles. The first-order chi connectivity index (χ1) is 11.5. The van der Waals surface area contributed by atoms with E-state index >= 15 is 0 Å². The Labute approximate surface area is 152 Å². The number of ether oxygens (including phenoxy) is 1. The van der Waals surface area contributed by atoms with Crippen LogP contribution in [0.25, 0.3) is 0 Å². The van der Waals surface area contributed by atoms with E-state index in [-0.39, 0.29) is 10.9 Å². The van der Waals surface area contributed by atoms with Crippen LogP contribution in [-0.4, -0.2) is 21.1 Å². The molecule has 0 spiro atoms. The Bertz CT molecular complexity index is 763. The fourth-order valence-electron chi connectivity index (χ4n) is 2.37. The van der Waals surface area contributed by atoms with Gasteiger partial charge in [-0.15, -0.1) is 0 Å². The van der Waals surface area contributed by atoms with Crippen LogP contribution in [0.5, 0.6) is 5.75 Å². The third-order valence-corrected chi connectivity index (χ3v) is 5.83. The van der Waals surface area contributed by atoms with Crippen molar-refractivity contribution in [3.05, 3.63) is 58.6 Å². The van der Waals surface area contributed by atoms with Crippen LogP contribution < -0.4 is 9.46 Å². The fourth-order valence-corrected chi connectivity index (χ4v) is 4.07. The van der Waals surface area contributed by atoms with Gasteiger partial charge in [0.05, 0.1) is 16.0 Å². The molecule has 0 aliphatic heterocycles. The molecule has 6 heteroatoms. The minimum Gasteiger partial charge on any atom is -0.493 e. The molecule has 0 radical (unpaired) electrons. The number of rotatable bonds is 8. The van der Waals surface area contributed by atoms with Crippen molar-refractivity contribution < 1.29 is 13.2 Å². The molecule has 1 N–H and O–H groups in total. The number of halogens is 1. The van der Waals surface area contributed by atoms with Crippen molar-refractivity contribution in [1.29, 1.82) is 0 Å². The van der Waals surface area contributed by atoms with Crippen molar-refractivity contribution in [3.8, 4) is 5.75 Å². The van der Waals surface area contributed by atoms with Gasteiger partial charge in [-0.05, 0) is 53.4 Å². The molecule has 2 rings (SSSR count). The van der Waals surface area contributed by atoms with Gasteiger partial charge in [0.25, 0.3) is 0 Å². The minimum absolute atomic E-state index is 0.156. The predicted molar refractivity (Wildman–Crippen MR) is 99.9 cm³/mol. The monoisotopic (exact) mass is 411 g/mol. The Morgan fingerprint density at radius 3 is 2.46 bits per heavy atom. The summed E-state index contributed by atoms with van der Waals surface area (Å²) in [5, 5.41) is 0. The van der Waals surface area contributed by atoms with Crippen LogP contribution in [0.2, 0.25) is 0 Å². The molecular weight excluding hydrogens is 390 g/mol. The van der Waals surface area contributed by atoms with E-state index in [4.69, 9.17) is 4.74 Å². The Kier molecular flexibility index (Phi) is 6.83. The van der Waals surface area contributed by atoms with E-state index in [1.54, 1.807) is 18.2 Å². The second kappa shape index (κ2) is 8.65. The van der Waals surface area contributed by atoms with E-state index < -0.39 is 10.0 Å². The summed E-state index contributed by atoms with van der Waals surface area (Å²) < 4.78 is 34.3. The minimum atomic E-state index is -3.60. The summed E-state index contributed by atoms with van der Waals surface area (Å²) in [5.74, 6) is 0.525. The number of hydrogen-bond donors (Lipinski definition) is 1. The van der Waals surface area contributed by atoms with Crippen molar-refractivity contribution in [2.75, 3.05) is 6.61 Å². The summed E-state index contributed by atoms with van der Waals surface area (Å²) in [6, 6.07) is 14.5. The van der Waals surface area contributed by atoms with Crippen molar-refractivity contribution in [2.45, 2.75) is 37.6 Å². The molecule has 0 aliphatic rings. The fraction of sp³-hybridized carbons (Fsp3) is 0.333. The Hall–Kier alpha value is -1.37. The SMILES string of the molecule is CCOc1cc(S(=O)(=O)NC(CC)Cc2ccccc2)ccc1Br. The number of sulfonamides is 1. The number of nitrogens with one attached hydrogen (secondary N) is 1. The summed E-state index contributed by atoms with van der Waals surface area (Å²) in [7, 11) is -3.60. The number of hydrogen-bond acceptors (Lipinski definition) is 3. The van der Waals surface area contributed by atoms with Gasteiger partial charge < -0.3 is 4.74 Å². The molecule has 1 atom stereocenters. The molecule has 4 nitrogen and oxygen atoms in total. The Morgan fingerprint density at radius 2 is 1.83 bits per heavy atom. The van der Waals surface area contributed by atoms with Crippen LogP contribution in [0.3, 0.4) is 0 Å². The quantitative estimate of drug-likeness (QED) is 0.709. The highest BCUT2D eigenvalue weighted by atomic mass is 79.9. The average Bonchev–Trinajstić information content (AvgIpc) is 2.57. The smallest absolute Gasteiger partial charge is 0.240 e. The lowest BCUT2D eigenvalue weighted by molar-refractivity contribution is 0.337. The molecule has 1 unspecified atom stereocenters. The van der Waals surface area contributed by atoms with Crippen molar-refractivity contribution in [2.24, 2.45) is 0 Å². The Balaban J connectivity index is 2.18. The zero-order valence-electron chi connectivity index (χ0n) is 13.8. The maximum Gasteiger partial charge on any atom is 0.240 e. The molecule has 0 aliphatic carbocycles. The molecule has 0 bridgehead atoms. The lowest BCUT2D eigenvalue weighted by atomic mass is 10.1. The van der Waals surface area contributed by atoms with Crippen molar-refractivity contribution >= 4 is 26.0 Å². The topological polar surface area (TPSA) is 55.4 Å². The molecule has 0 amide bonds. The summed E-state index contributed by atoms with van der Waals surface area (Å²) >= 11 is 3.37. The van der Waals surface area contributed by atoms with Crippen molar-refractivity contribution in [1.82, 2.24) is 4.72 Å². The van der Waals surface area contributed by atoms with Crippen LogP contribution in [0.4, 0.5) is 0 Å². The highest BCUT2D eigenvalue weighted by Gasteiger charge is 2.20. The lowest BCUT2D eigenvalue weighted by Gasteiger charge is -2.18. The van der Waals surface area contributed by atoms with E-state index in [1.165, 1.54) is 0 Å². The first-order valence-corrected chi connectivity index (χ1v) is 10.2. The molecule has 0 saturated carbocycles. The summed E-state index contributed by atoms with van der Waals surface area (Å²) in [4.78, 5) is 0.209. The normalized spacial score (nSPS) is 12.8. The van der Waals surface area contributed by atoms with Gasteiger partial charge in [-0.25, -0.2) is 13.1 Å². The van der Waals surface area contributed by atoms with Crippen LogP contribution in [0, 0.1) is 0 Å². The average molecular weight is 412 g/mol. The van der Waals surface area contributed by atoms with Gasteiger partial charge in [0.1, 0.15) is 5.75 Å². The zero-order chi connectivity index (χ0) is 17.6. The van der Waals surface area contributed by atoms with Gasteiger partial charge >= 0.3 is 0 Å². The number of benzene rings is 2. The molecule has 130 valence electrons. The second-order valence-corrected chi connectivity index (χ2v) is 8.01. The molecule has 0 aromatic heterocycles. The van der Waals surface area contributed by atoms with Gasteiger partial charge in [-0.2, -0.15) is 0 Å². The van der Waals surface area contributed by atoms with E-state index in [1.807, 2.05) is 44.2 Å². The molecular formula is C18H22BrNO3S. The molecule has 2 aromatic carbocycles. The highest BCUT2D eigenvalue weighted by molar-refractivity contribution is 9.10. The Morgan fingerprint density at radius 1 is 1.12 bits per heavy atom. The molecule has 0 fully saturated rings. The van der Waals surface area contributed by atoms with Crippen LogP contribution >= 0.6 is 15.9 Å². The molecule has 2 aromatic rings. The van der Waals surface area contributed by atoms with Crippen LogP contribution in [0.1, 0.15) is 25.8 Å². The van der Waals surface area contributed by atoms with E-state index in [0.29, 0.717) is 25.2 Å². The van der Waals surface area contributed by atoms with Gasteiger partial charge in [-0.3, -0.25) is 0 Å². The van der Waals surface area contributed by atoms with Gasteiger partial charge in [0.2, 0.25) is 10.0 Å². The van der Waals surface area contributed by atoms with Crippen molar-refractivity contribution in [3.63, 3.8) is 0 Å². The van der Waals surface area contributed by atoms with E-state index in [9.17, 15) is 8.42 Å². The maximum absolute atomic E-state index is 12.7. The largest absolute Gasteiger partial charge is 0.493 e. The molecule has 24 heavy (non-hydrogen) atoms. The zero-order valence-corrected chi connectivity index (χ0v) is 16.2. The summed E-state index contributed by atoms with van der Waals surface area (Å²) in [6.45, 7) is 4.31.